The van der Waals surface area contributed by atoms with E-state index in [0.717, 1.165) is 17.5 Å². The Morgan fingerprint density at radius 2 is 2.20 bits per heavy atom. The summed E-state index contributed by atoms with van der Waals surface area (Å²) in [5.41, 5.74) is 7.27. The smallest absolute Gasteiger partial charge is 0.225 e. The third-order valence-corrected chi connectivity index (χ3v) is 3.76. The predicted molar refractivity (Wildman–Crippen MR) is 78.3 cm³/mol. The number of nitrogens with one attached hydrogen (secondary N) is 1. The van der Waals surface area contributed by atoms with Crippen molar-refractivity contribution in [3.63, 3.8) is 0 Å². The van der Waals surface area contributed by atoms with E-state index in [1.807, 2.05) is 13.8 Å². The van der Waals surface area contributed by atoms with Gasteiger partial charge in [-0.15, -0.1) is 0 Å². The number of phenolic OH excluding ortho intramolecular Hbond substituents is 1. The summed E-state index contributed by atoms with van der Waals surface area (Å²) in [5, 5.41) is 13.4. The van der Waals surface area contributed by atoms with E-state index in [-0.39, 0.29) is 11.7 Å². The Morgan fingerprint density at radius 3 is 2.80 bits per heavy atom. The van der Waals surface area contributed by atoms with Crippen molar-refractivity contribution in [2.45, 2.75) is 38.5 Å². The summed E-state index contributed by atoms with van der Waals surface area (Å²) in [6, 6.07) is 1.78. The highest BCUT2D eigenvalue weighted by molar-refractivity contribution is 5.98. The van der Waals surface area contributed by atoms with Crippen LogP contribution in [-0.4, -0.2) is 24.7 Å². The fraction of sp³-hybridized carbons (Fsp3) is 0.533. The molecule has 0 saturated carbocycles. The normalized spacial score (nSPS) is 16.5. The van der Waals surface area contributed by atoms with Gasteiger partial charge >= 0.3 is 0 Å². The third kappa shape index (κ3) is 2.45. The standard InChI is InChI=1S/C15H22N2O3/c1-15(2)8-11(18)17-13-10(20-3)7-9(5-4-6-16)14(19)12(13)15/h7,19H,4-6,8,16H2,1-3H3,(H,17,18). The molecule has 1 aromatic carbocycles. The van der Waals surface area contributed by atoms with Crippen LogP contribution in [0.1, 0.15) is 37.8 Å². The zero-order chi connectivity index (χ0) is 14.9. The summed E-state index contributed by atoms with van der Waals surface area (Å²) in [5.74, 6) is 0.778. The van der Waals surface area contributed by atoms with Crippen molar-refractivity contribution < 1.29 is 14.6 Å². The van der Waals surface area contributed by atoms with Crippen molar-refractivity contribution in [1.82, 2.24) is 0 Å². The van der Waals surface area contributed by atoms with Crippen LogP contribution < -0.4 is 15.8 Å². The molecule has 1 amide bonds. The van der Waals surface area contributed by atoms with Crippen LogP contribution in [0.3, 0.4) is 0 Å². The zero-order valence-electron chi connectivity index (χ0n) is 12.2. The molecule has 4 N–H and O–H groups in total. The van der Waals surface area contributed by atoms with Gasteiger partial charge in [0.05, 0.1) is 12.8 Å². The summed E-state index contributed by atoms with van der Waals surface area (Å²) < 4.78 is 5.37. The van der Waals surface area contributed by atoms with Crippen molar-refractivity contribution in [3.05, 3.63) is 17.2 Å². The fourth-order valence-electron chi connectivity index (χ4n) is 2.80. The molecule has 1 aliphatic heterocycles. The average molecular weight is 278 g/mol. The molecule has 0 radical (unpaired) electrons. The van der Waals surface area contributed by atoms with Crippen molar-refractivity contribution in [2.24, 2.45) is 5.73 Å². The Morgan fingerprint density at radius 1 is 1.50 bits per heavy atom. The molecule has 1 heterocycles. The van der Waals surface area contributed by atoms with Gasteiger partial charge in [0, 0.05) is 17.4 Å². The van der Waals surface area contributed by atoms with Gasteiger partial charge in [0.2, 0.25) is 5.91 Å². The molecule has 110 valence electrons. The van der Waals surface area contributed by atoms with Gasteiger partial charge in [0.25, 0.3) is 0 Å². The van der Waals surface area contributed by atoms with E-state index in [2.05, 4.69) is 5.32 Å². The zero-order valence-corrected chi connectivity index (χ0v) is 12.2. The number of hydrogen-bond acceptors (Lipinski definition) is 4. The maximum absolute atomic E-state index is 11.8. The molecule has 0 fully saturated rings. The highest BCUT2D eigenvalue weighted by Gasteiger charge is 2.37. The summed E-state index contributed by atoms with van der Waals surface area (Å²) in [6.07, 6.45) is 1.83. The Labute approximate surface area is 119 Å². The maximum atomic E-state index is 11.8. The lowest BCUT2D eigenvalue weighted by Crippen LogP contribution is -2.33. The van der Waals surface area contributed by atoms with Gasteiger partial charge in [-0.3, -0.25) is 4.79 Å². The lowest BCUT2D eigenvalue weighted by Gasteiger charge is -2.34. The summed E-state index contributed by atoms with van der Waals surface area (Å²) in [4.78, 5) is 11.8. The SMILES string of the molecule is COc1cc(CCCN)c(O)c2c1NC(=O)CC2(C)C. The number of fused-ring (bicyclic) bond motifs is 1. The van der Waals surface area contributed by atoms with Crippen LogP contribution in [0.5, 0.6) is 11.5 Å². The molecule has 0 atom stereocenters. The number of hydrogen-bond donors (Lipinski definition) is 3. The molecule has 0 saturated heterocycles. The van der Waals surface area contributed by atoms with E-state index < -0.39 is 5.41 Å². The monoisotopic (exact) mass is 278 g/mol. The topological polar surface area (TPSA) is 84.6 Å². The average Bonchev–Trinajstić information content (AvgIpc) is 2.36. The van der Waals surface area contributed by atoms with E-state index >= 15 is 0 Å². The van der Waals surface area contributed by atoms with Crippen LogP contribution in [0.25, 0.3) is 0 Å². The van der Waals surface area contributed by atoms with Gasteiger partial charge in [-0.05, 0) is 31.0 Å². The minimum atomic E-state index is -0.423. The van der Waals surface area contributed by atoms with Crippen LogP contribution in [0.15, 0.2) is 6.07 Å². The highest BCUT2D eigenvalue weighted by atomic mass is 16.5. The Bertz CT molecular complexity index is 538. The van der Waals surface area contributed by atoms with Crippen molar-refractivity contribution >= 4 is 11.6 Å². The number of aromatic hydroxyl groups is 1. The van der Waals surface area contributed by atoms with Gasteiger partial charge in [0.15, 0.2) is 0 Å². The van der Waals surface area contributed by atoms with Crippen LogP contribution in [0.2, 0.25) is 0 Å². The number of anilines is 1. The number of ether oxygens (including phenoxy) is 1. The summed E-state index contributed by atoms with van der Waals surface area (Å²) in [7, 11) is 1.56. The predicted octanol–water partition coefficient (Wildman–Crippen LogP) is 1.91. The number of amides is 1. The molecule has 0 unspecified atom stereocenters. The first-order valence-electron chi connectivity index (χ1n) is 6.84. The molecule has 2 rings (SSSR count). The van der Waals surface area contributed by atoms with Crippen molar-refractivity contribution in [3.8, 4) is 11.5 Å². The van der Waals surface area contributed by atoms with Gasteiger partial charge in [-0.1, -0.05) is 13.8 Å². The number of phenols is 1. The molecule has 0 spiro atoms. The molecule has 0 aliphatic carbocycles. The second-order valence-electron chi connectivity index (χ2n) is 5.84. The minimum absolute atomic E-state index is 0.0603. The van der Waals surface area contributed by atoms with Crippen LogP contribution in [0, 0.1) is 0 Å². The van der Waals surface area contributed by atoms with E-state index in [9.17, 15) is 9.90 Å². The highest BCUT2D eigenvalue weighted by Crippen LogP contribution is 2.48. The molecule has 5 nitrogen and oxygen atoms in total. The molecule has 1 aromatic rings. The molecular weight excluding hydrogens is 256 g/mol. The first-order chi connectivity index (χ1) is 9.40. The Kier molecular flexibility index (Phi) is 3.90. The molecule has 0 bridgehead atoms. The number of nitrogens with two attached hydrogens (primary N) is 1. The number of carbonyl (C=O) groups is 1. The lowest BCUT2D eigenvalue weighted by atomic mass is 9.76. The maximum Gasteiger partial charge on any atom is 0.225 e. The molecule has 5 heteroatoms. The second kappa shape index (κ2) is 5.32. The van der Waals surface area contributed by atoms with Crippen molar-refractivity contribution in [1.29, 1.82) is 0 Å². The first-order valence-corrected chi connectivity index (χ1v) is 6.84. The van der Waals surface area contributed by atoms with E-state index in [1.165, 1.54) is 0 Å². The molecular formula is C15H22N2O3. The quantitative estimate of drug-likeness (QED) is 0.785. The van der Waals surface area contributed by atoms with Crippen LogP contribution in [0.4, 0.5) is 5.69 Å². The number of benzene rings is 1. The van der Waals surface area contributed by atoms with Gasteiger partial charge < -0.3 is 20.9 Å². The second-order valence-corrected chi connectivity index (χ2v) is 5.84. The van der Waals surface area contributed by atoms with E-state index in [4.69, 9.17) is 10.5 Å². The Balaban J connectivity index is 2.61. The number of aryl methyl sites for hydroxylation is 1. The summed E-state index contributed by atoms with van der Waals surface area (Å²) in [6.45, 7) is 4.48. The number of methoxy groups -OCH3 is 1. The van der Waals surface area contributed by atoms with Crippen LogP contribution in [-0.2, 0) is 16.6 Å². The van der Waals surface area contributed by atoms with Gasteiger partial charge in [-0.25, -0.2) is 0 Å². The van der Waals surface area contributed by atoms with Gasteiger partial charge in [0.1, 0.15) is 11.5 Å². The van der Waals surface area contributed by atoms with E-state index in [0.29, 0.717) is 30.8 Å². The fourth-order valence-corrected chi connectivity index (χ4v) is 2.80. The van der Waals surface area contributed by atoms with Gasteiger partial charge in [-0.2, -0.15) is 0 Å². The van der Waals surface area contributed by atoms with Crippen molar-refractivity contribution in [2.75, 3.05) is 19.0 Å². The van der Waals surface area contributed by atoms with Crippen LogP contribution >= 0.6 is 0 Å². The third-order valence-electron chi connectivity index (χ3n) is 3.76. The first kappa shape index (κ1) is 14.7. The minimum Gasteiger partial charge on any atom is -0.507 e. The lowest BCUT2D eigenvalue weighted by molar-refractivity contribution is -0.117. The summed E-state index contributed by atoms with van der Waals surface area (Å²) >= 11 is 0. The number of rotatable bonds is 4. The Hall–Kier alpha value is -1.75. The molecule has 0 aromatic heterocycles. The molecule has 20 heavy (non-hydrogen) atoms. The largest absolute Gasteiger partial charge is 0.507 e. The number of carbonyl (C=O) groups excluding carboxylic acids is 1. The molecule has 1 aliphatic rings. The van der Waals surface area contributed by atoms with E-state index in [1.54, 1.807) is 13.2 Å².